The molecular weight excluding hydrogens is 255 g/mol. The van der Waals surface area contributed by atoms with Crippen LogP contribution in [-0.2, 0) is 9.59 Å². The minimum Gasteiger partial charge on any atom is -0.305 e. The minimum atomic E-state index is -0.437. The molecule has 1 aliphatic rings. The van der Waals surface area contributed by atoms with E-state index in [1.165, 1.54) is 25.1 Å². The van der Waals surface area contributed by atoms with Crippen molar-refractivity contribution >= 4 is 34.8 Å². The van der Waals surface area contributed by atoms with E-state index in [1.807, 2.05) is 0 Å². The van der Waals surface area contributed by atoms with Gasteiger partial charge in [0.05, 0.1) is 4.91 Å². The zero-order valence-corrected chi connectivity index (χ0v) is 10.3. The van der Waals surface area contributed by atoms with Crippen LogP contribution in [0.3, 0.4) is 0 Å². The number of nitrogens with one attached hydrogen (secondary N) is 1. The van der Waals surface area contributed by atoms with Gasteiger partial charge in [-0.25, -0.2) is 4.39 Å². The Morgan fingerprint density at radius 3 is 2.94 bits per heavy atom. The van der Waals surface area contributed by atoms with Crippen molar-refractivity contribution in [2.24, 2.45) is 4.99 Å². The number of nitrogens with zero attached hydrogens (tertiary/aromatic N) is 1. The summed E-state index contributed by atoms with van der Waals surface area (Å²) in [5.74, 6) is -1.10. The van der Waals surface area contributed by atoms with E-state index in [0.29, 0.717) is 10.5 Å². The van der Waals surface area contributed by atoms with Gasteiger partial charge in [0.15, 0.2) is 5.17 Å². The highest BCUT2D eigenvalue weighted by atomic mass is 32.2. The Morgan fingerprint density at radius 1 is 1.50 bits per heavy atom. The molecule has 1 aromatic rings. The van der Waals surface area contributed by atoms with Gasteiger partial charge in [-0.2, -0.15) is 4.99 Å². The number of thioether (sulfide) groups is 1. The molecule has 0 bridgehead atoms. The molecule has 0 aliphatic carbocycles. The number of rotatable bonds is 1. The average molecular weight is 264 g/mol. The molecule has 2 amide bonds. The molecule has 0 atom stereocenters. The van der Waals surface area contributed by atoms with Crippen molar-refractivity contribution < 1.29 is 14.0 Å². The lowest BCUT2D eigenvalue weighted by Crippen LogP contribution is -2.23. The van der Waals surface area contributed by atoms with Crippen LogP contribution in [0.2, 0.25) is 0 Å². The normalized spacial score (nSPS) is 16.9. The number of aliphatic imine (C=N–C) groups is 1. The maximum absolute atomic E-state index is 13.0. The average Bonchev–Trinajstić information content (AvgIpc) is 2.58. The van der Waals surface area contributed by atoms with Gasteiger partial charge in [0.25, 0.3) is 5.91 Å². The van der Waals surface area contributed by atoms with Crippen molar-refractivity contribution in [1.29, 1.82) is 0 Å². The van der Waals surface area contributed by atoms with E-state index in [9.17, 15) is 14.0 Å². The summed E-state index contributed by atoms with van der Waals surface area (Å²) in [5.41, 5.74) is 0.574. The first kappa shape index (κ1) is 12.5. The number of hydrogen-bond acceptors (Lipinski definition) is 3. The summed E-state index contributed by atoms with van der Waals surface area (Å²) in [6.45, 7) is 1.34. The molecule has 6 heteroatoms. The molecule has 4 nitrogen and oxygen atoms in total. The molecule has 0 fully saturated rings. The Balaban J connectivity index is 2.17. The first-order chi connectivity index (χ1) is 8.54. The van der Waals surface area contributed by atoms with Gasteiger partial charge in [0.2, 0.25) is 5.91 Å². The van der Waals surface area contributed by atoms with Gasteiger partial charge >= 0.3 is 0 Å². The van der Waals surface area contributed by atoms with Gasteiger partial charge < -0.3 is 5.32 Å². The molecule has 1 aromatic carbocycles. The molecule has 92 valence electrons. The number of carbonyl (C=O) groups excluding carboxylic acids is 2. The van der Waals surface area contributed by atoms with E-state index in [-0.39, 0.29) is 16.9 Å². The number of halogens is 1. The monoisotopic (exact) mass is 264 g/mol. The van der Waals surface area contributed by atoms with Gasteiger partial charge in [0, 0.05) is 6.92 Å². The second-order valence-corrected chi connectivity index (χ2v) is 4.60. The summed E-state index contributed by atoms with van der Waals surface area (Å²) in [6.07, 6.45) is 1.54. The van der Waals surface area contributed by atoms with E-state index >= 15 is 0 Å². The standard InChI is InChI=1S/C12H9FN2O2S/c1-7(16)14-12-15-11(17)10(18-12)6-8-3-2-4-9(13)5-8/h2-6H,1H3,(H,14,15,16,17)/b10-6+. The summed E-state index contributed by atoms with van der Waals surface area (Å²) in [5, 5.41) is 2.68. The molecule has 0 saturated carbocycles. The predicted molar refractivity (Wildman–Crippen MR) is 68.2 cm³/mol. The molecule has 18 heavy (non-hydrogen) atoms. The fraction of sp³-hybridized carbons (Fsp3) is 0.0833. The van der Waals surface area contributed by atoms with Gasteiger partial charge in [-0.05, 0) is 35.5 Å². The predicted octanol–water partition coefficient (Wildman–Crippen LogP) is 1.93. The van der Waals surface area contributed by atoms with Crippen LogP contribution in [0.1, 0.15) is 12.5 Å². The van der Waals surface area contributed by atoms with E-state index in [2.05, 4.69) is 10.3 Å². The lowest BCUT2D eigenvalue weighted by molar-refractivity contribution is -0.117. The lowest BCUT2D eigenvalue weighted by Gasteiger charge is -1.98. The van der Waals surface area contributed by atoms with E-state index in [4.69, 9.17) is 0 Å². The third-order valence-electron chi connectivity index (χ3n) is 2.05. The van der Waals surface area contributed by atoms with E-state index in [1.54, 1.807) is 12.1 Å². The van der Waals surface area contributed by atoms with E-state index < -0.39 is 5.91 Å². The summed E-state index contributed by atoms with van der Waals surface area (Å²) in [6, 6.07) is 5.88. The highest BCUT2D eigenvalue weighted by Gasteiger charge is 2.22. The van der Waals surface area contributed by atoms with Crippen LogP contribution in [0.5, 0.6) is 0 Å². The third kappa shape index (κ3) is 3.04. The van der Waals surface area contributed by atoms with Gasteiger partial charge in [-0.15, -0.1) is 0 Å². The number of amides is 2. The molecule has 0 spiro atoms. The molecule has 0 saturated heterocycles. The fourth-order valence-electron chi connectivity index (χ4n) is 1.36. The van der Waals surface area contributed by atoms with Crippen LogP contribution in [0, 0.1) is 5.82 Å². The Bertz CT molecular complexity index is 581. The molecule has 0 unspecified atom stereocenters. The van der Waals surface area contributed by atoms with Crippen molar-refractivity contribution in [3.63, 3.8) is 0 Å². The zero-order valence-electron chi connectivity index (χ0n) is 9.44. The Kier molecular flexibility index (Phi) is 3.57. The molecular formula is C12H9FN2O2S. The topological polar surface area (TPSA) is 58.5 Å². The minimum absolute atomic E-state index is 0.246. The van der Waals surface area contributed by atoms with Crippen LogP contribution >= 0.6 is 11.8 Å². The molecule has 1 N–H and O–H groups in total. The van der Waals surface area contributed by atoms with Gasteiger partial charge in [-0.1, -0.05) is 12.1 Å². The largest absolute Gasteiger partial charge is 0.305 e. The van der Waals surface area contributed by atoms with Crippen molar-refractivity contribution in [3.8, 4) is 0 Å². The van der Waals surface area contributed by atoms with Crippen LogP contribution in [0.15, 0.2) is 34.2 Å². The van der Waals surface area contributed by atoms with Gasteiger partial charge in [0.1, 0.15) is 5.82 Å². The SMILES string of the molecule is CC(=O)NC1=NC(=O)/C(=C\c2cccc(F)c2)S1. The van der Waals surface area contributed by atoms with Crippen LogP contribution < -0.4 is 5.32 Å². The summed E-state index contributed by atoms with van der Waals surface area (Å²) < 4.78 is 13.0. The summed E-state index contributed by atoms with van der Waals surface area (Å²) in [4.78, 5) is 26.4. The van der Waals surface area contributed by atoms with Crippen molar-refractivity contribution in [2.75, 3.05) is 0 Å². The highest BCUT2D eigenvalue weighted by molar-refractivity contribution is 8.18. The van der Waals surface area contributed by atoms with Crippen molar-refractivity contribution in [1.82, 2.24) is 5.32 Å². The van der Waals surface area contributed by atoms with E-state index in [0.717, 1.165) is 11.8 Å². The number of amidine groups is 1. The molecule has 1 heterocycles. The third-order valence-corrected chi connectivity index (χ3v) is 2.95. The molecule has 0 aromatic heterocycles. The summed E-state index contributed by atoms with van der Waals surface area (Å²) >= 11 is 1.05. The lowest BCUT2D eigenvalue weighted by atomic mass is 10.2. The molecule has 2 rings (SSSR count). The Morgan fingerprint density at radius 2 is 2.28 bits per heavy atom. The first-order valence-corrected chi connectivity index (χ1v) is 5.92. The number of carbonyl (C=O) groups is 2. The summed E-state index contributed by atoms with van der Waals surface area (Å²) in [7, 11) is 0. The number of hydrogen-bond donors (Lipinski definition) is 1. The number of benzene rings is 1. The molecule has 1 aliphatic heterocycles. The second-order valence-electron chi connectivity index (χ2n) is 3.57. The van der Waals surface area contributed by atoms with Crippen molar-refractivity contribution in [3.05, 3.63) is 40.6 Å². The first-order valence-electron chi connectivity index (χ1n) is 5.10. The quantitative estimate of drug-likeness (QED) is 0.788. The second kappa shape index (κ2) is 5.14. The highest BCUT2D eigenvalue weighted by Crippen LogP contribution is 2.27. The Labute approximate surface area is 107 Å². The van der Waals surface area contributed by atoms with Gasteiger partial charge in [-0.3, -0.25) is 9.59 Å². The molecule has 0 radical (unpaired) electrons. The maximum Gasteiger partial charge on any atom is 0.286 e. The van der Waals surface area contributed by atoms with Crippen LogP contribution in [0.25, 0.3) is 6.08 Å². The zero-order chi connectivity index (χ0) is 13.1. The smallest absolute Gasteiger partial charge is 0.286 e. The van der Waals surface area contributed by atoms with Crippen LogP contribution in [-0.4, -0.2) is 17.0 Å². The van der Waals surface area contributed by atoms with Crippen molar-refractivity contribution in [2.45, 2.75) is 6.92 Å². The maximum atomic E-state index is 13.0. The fourth-order valence-corrected chi connectivity index (χ4v) is 2.22. The van der Waals surface area contributed by atoms with Crippen LogP contribution in [0.4, 0.5) is 4.39 Å². The Hall–Kier alpha value is -1.95.